The Bertz CT molecular complexity index is 6710. The molecule has 0 heterocycles. The monoisotopic (exact) mass is 2160 g/mol. The lowest BCUT2D eigenvalue weighted by Crippen LogP contribution is -2.02. The topological polar surface area (TPSA) is 68.3 Å². The molecule has 0 aliphatic heterocycles. The van der Waals surface area contributed by atoms with Gasteiger partial charge >= 0.3 is 0 Å². The van der Waals surface area contributed by atoms with Crippen LogP contribution in [0.5, 0.6) is 0 Å². The van der Waals surface area contributed by atoms with Crippen LogP contribution in [0.15, 0.2) is 473 Å². The molecule has 4 aliphatic carbocycles. The van der Waals surface area contributed by atoms with Crippen molar-refractivity contribution in [2.45, 2.75) is 0 Å². The zero-order chi connectivity index (χ0) is 88.3. The first-order chi connectivity index (χ1) is 62.5. The minimum absolute atomic E-state index is 0.0282. The van der Waals surface area contributed by atoms with Gasteiger partial charge in [0.25, 0.3) is 0 Å². The van der Waals surface area contributed by atoms with Crippen LogP contribution >= 0.6 is 127 Å². The van der Waals surface area contributed by atoms with Gasteiger partial charge < -0.3 is 0 Å². The van der Waals surface area contributed by atoms with Gasteiger partial charge in [-0.05, 0) is 186 Å². The zero-order valence-corrected chi connectivity index (χ0v) is 80.9. The molecule has 0 bridgehead atoms. The van der Waals surface area contributed by atoms with E-state index in [0.29, 0.717) is 11.1 Å². The van der Waals surface area contributed by atoms with Crippen LogP contribution in [0.25, 0.3) is 89.2 Å². The molecular formula is C116H72Br8O4. The van der Waals surface area contributed by atoms with E-state index in [0.717, 1.165) is 203 Å². The predicted octanol–water partition coefficient (Wildman–Crippen LogP) is 33.3. The van der Waals surface area contributed by atoms with Crippen LogP contribution in [0.4, 0.5) is 0 Å². The minimum Gasteiger partial charge on any atom is -0.289 e. The maximum Gasteiger partial charge on any atom is 0.195 e. The molecule has 0 saturated heterocycles. The second kappa shape index (κ2) is 40.5. The van der Waals surface area contributed by atoms with Crippen LogP contribution in [0, 0.1) is 0 Å². The fourth-order valence-corrected chi connectivity index (χ4v) is 18.8. The van der Waals surface area contributed by atoms with Crippen molar-refractivity contribution < 1.29 is 19.2 Å². The van der Waals surface area contributed by atoms with Gasteiger partial charge in [-0.2, -0.15) is 0 Å². The van der Waals surface area contributed by atoms with Gasteiger partial charge in [0.05, 0.1) is 0 Å². The fourth-order valence-electron chi connectivity index (χ4n) is 16.7. The summed E-state index contributed by atoms with van der Waals surface area (Å²) in [6, 6.07) is 145. The van der Waals surface area contributed by atoms with Crippen molar-refractivity contribution in [1.82, 2.24) is 0 Å². The molecule has 12 heteroatoms. The van der Waals surface area contributed by atoms with Crippen molar-refractivity contribution in [3.05, 3.63) is 562 Å². The third-order valence-corrected chi connectivity index (χ3v) is 26.6. The van der Waals surface area contributed by atoms with Crippen LogP contribution in [0.3, 0.4) is 0 Å². The van der Waals surface area contributed by atoms with Crippen LogP contribution in [-0.4, -0.2) is 23.1 Å². The number of rotatable bonds is 16. The maximum absolute atomic E-state index is 14.2. The van der Waals surface area contributed by atoms with Crippen LogP contribution in [-0.2, 0) is 19.2 Å². The van der Waals surface area contributed by atoms with Gasteiger partial charge in [-0.25, -0.2) is 0 Å². The van der Waals surface area contributed by atoms with Crippen molar-refractivity contribution in [3.63, 3.8) is 0 Å². The first-order valence-electron chi connectivity index (χ1n) is 41.2. The van der Waals surface area contributed by atoms with Gasteiger partial charge in [-0.3, -0.25) is 19.2 Å². The molecule has 0 atom stereocenters. The van der Waals surface area contributed by atoms with Crippen LogP contribution in [0.2, 0.25) is 0 Å². The average molecular weight is 2170 g/mol. The van der Waals surface area contributed by atoms with E-state index in [4.69, 9.17) is 0 Å². The standard InChI is InChI=1S/C29H16Br4O.2C29H18Br2O.C29H20O/c30-21-9-1-17(2-10-21)25-26(18-3-11-22(31)12-4-18)28(20-7-15-24(33)16-8-20)29(34)27(25)19-5-13-23(32)14-6-19;30-23-15-11-21(12-16-23)25-26(22-13-17-24(31)18-14-22)28(20-9-5-2-6-10-20)29(32)27(25)19-7-3-1-4-8-19;30-23-15-11-21(12-16-23)27-25(19-7-3-1-4-8-19)26(20-9-5-2-6-10-20)28(29(27)32)22-13-17-24(31)18-14-22;30-29-27(23-17-9-3-10-18-23)25(21-13-5-1-6-14-21)26(22-15-7-2-8-16-22)28(29)24-19-11-4-12-20-24/h1-16H;2*1-18H;1-20H. The highest BCUT2D eigenvalue weighted by molar-refractivity contribution is 9.11. The number of allylic oxidation sites excluding steroid dienone is 16. The van der Waals surface area contributed by atoms with E-state index < -0.39 is 0 Å². The molecule has 4 nitrogen and oxygen atoms in total. The average Bonchev–Trinajstić information content (AvgIpc) is 1.60. The van der Waals surface area contributed by atoms with Gasteiger partial charge in [0.2, 0.25) is 0 Å². The summed E-state index contributed by atoms with van der Waals surface area (Å²) in [5.74, 6) is 0.205. The number of benzene rings is 16. The number of hydrogen-bond acceptors (Lipinski definition) is 4. The normalized spacial score (nSPS) is 13.8. The van der Waals surface area contributed by atoms with Crippen molar-refractivity contribution in [1.29, 1.82) is 0 Å². The van der Waals surface area contributed by atoms with E-state index in [1.165, 1.54) is 0 Å². The van der Waals surface area contributed by atoms with E-state index in [2.05, 4.69) is 225 Å². The highest BCUT2D eigenvalue weighted by Gasteiger charge is 2.40. The molecule has 0 spiro atoms. The third kappa shape index (κ3) is 19.1. The summed E-state index contributed by atoms with van der Waals surface area (Å²) < 4.78 is 7.91. The van der Waals surface area contributed by atoms with E-state index in [9.17, 15) is 19.2 Å². The van der Waals surface area contributed by atoms with Gasteiger partial charge in [-0.15, -0.1) is 0 Å². The summed E-state index contributed by atoms with van der Waals surface area (Å²) in [5.41, 5.74) is 29.2. The number of ketones is 4. The Morgan fingerprint density at radius 2 is 0.172 bits per heavy atom. The molecule has 128 heavy (non-hydrogen) atoms. The molecule has 16 aromatic rings. The molecule has 0 aromatic heterocycles. The summed E-state index contributed by atoms with van der Waals surface area (Å²) in [7, 11) is 0. The summed E-state index contributed by atoms with van der Waals surface area (Å²) in [5, 5.41) is 0. The van der Waals surface area contributed by atoms with Gasteiger partial charge in [-0.1, -0.05) is 467 Å². The smallest absolute Gasteiger partial charge is 0.195 e. The van der Waals surface area contributed by atoms with Crippen LogP contribution < -0.4 is 0 Å². The number of hydrogen-bond donors (Lipinski definition) is 0. The van der Waals surface area contributed by atoms with Crippen molar-refractivity contribution in [2.75, 3.05) is 0 Å². The summed E-state index contributed by atoms with van der Waals surface area (Å²) in [6.07, 6.45) is 0. The predicted molar refractivity (Wildman–Crippen MR) is 559 cm³/mol. The molecule has 0 radical (unpaired) electrons. The Hall–Kier alpha value is -12.0. The molecule has 616 valence electrons. The van der Waals surface area contributed by atoms with Crippen molar-refractivity contribution in [3.8, 4) is 0 Å². The Morgan fingerprint density at radius 1 is 0.0938 bits per heavy atom. The Balaban J connectivity index is 0.000000120. The largest absolute Gasteiger partial charge is 0.289 e. The van der Waals surface area contributed by atoms with E-state index in [1.54, 1.807) is 0 Å². The number of carbonyl (C=O) groups excluding carboxylic acids is 4. The summed E-state index contributed by atoms with van der Waals surface area (Å²) in [4.78, 5) is 56.4. The Kier molecular flexibility index (Phi) is 27.9. The summed E-state index contributed by atoms with van der Waals surface area (Å²) >= 11 is 28.3. The zero-order valence-electron chi connectivity index (χ0n) is 68.2. The Labute approximate surface area is 812 Å². The third-order valence-electron chi connectivity index (χ3n) is 22.4. The Morgan fingerprint density at radius 3 is 0.273 bits per heavy atom. The molecule has 0 fully saturated rings. The van der Waals surface area contributed by atoms with E-state index in [1.807, 2.05) is 340 Å². The molecule has 4 aliphatic rings. The van der Waals surface area contributed by atoms with Crippen LogP contribution in [0.1, 0.15) is 89.0 Å². The molecule has 0 unspecified atom stereocenters. The molecular weight excluding hydrogens is 2100 g/mol. The van der Waals surface area contributed by atoms with Gasteiger partial charge in [0.1, 0.15) is 0 Å². The quantitative estimate of drug-likeness (QED) is 0.0967. The number of Topliss-reactive ketones (excluding diaryl/α,β-unsaturated/α-hetero) is 4. The lowest BCUT2D eigenvalue weighted by atomic mass is 9.89. The van der Waals surface area contributed by atoms with Gasteiger partial charge in [0.15, 0.2) is 23.1 Å². The van der Waals surface area contributed by atoms with Crippen molar-refractivity contribution >= 4 is 240 Å². The number of carbonyl (C=O) groups is 4. The first-order valence-corrected chi connectivity index (χ1v) is 47.5. The molecule has 20 rings (SSSR count). The SMILES string of the molecule is O=C1C(c2ccc(Br)cc2)=C(c2ccc(Br)cc2)C(c2ccc(Br)cc2)=C1c1ccc(Br)cc1.O=C1C(c2ccc(Br)cc2)=C(c2ccccc2)C(c2ccccc2)=C1c1ccc(Br)cc1.O=C1C(c2ccccc2)=C(c2ccc(Br)cc2)C(c2ccc(Br)cc2)=C1c1ccccc1.O=C1C(c2ccccc2)=C(c2ccccc2)C(c2ccccc2)=C1c1ccccc1. The highest BCUT2D eigenvalue weighted by atomic mass is 79.9. The maximum atomic E-state index is 14.2. The lowest BCUT2D eigenvalue weighted by Gasteiger charge is -2.14. The number of halogens is 8. The minimum atomic E-state index is 0.0282. The molecule has 0 amide bonds. The van der Waals surface area contributed by atoms with Crippen molar-refractivity contribution in [2.24, 2.45) is 0 Å². The second-order valence-corrected chi connectivity index (χ2v) is 37.6. The molecule has 0 saturated carbocycles. The fraction of sp³-hybridized carbons (Fsp3) is 0. The summed E-state index contributed by atoms with van der Waals surface area (Å²) in [6.45, 7) is 0. The molecule has 16 aromatic carbocycles. The van der Waals surface area contributed by atoms with E-state index in [-0.39, 0.29) is 23.1 Å². The highest BCUT2D eigenvalue weighted by Crippen LogP contribution is 2.55. The van der Waals surface area contributed by atoms with E-state index >= 15 is 0 Å². The lowest BCUT2D eigenvalue weighted by molar-refractivity contribution is -0.109. The second-order valence-electron chi connectivity index (χ2n) is 30.3. The molecule has 0 N–H and O–H groups in total. The first kappa shape index (κ1) is 88.0. The van der Waals surface area contributed by atoms with Gasteiger partial charge in [0, 0.05) is 125 Å².